The monoisotopic (exact) mass is 500 g/mol. The quantitative estimate of drug-likeness (QED) is 0.329. The number of amides is 1. The second-order valence-electron chi connectivity index (χ2n) is 8.58. The summed E-state index contributed by atoms with van der Waals surface area (Å²) in [5.74, 6) is -0.380. The molecule has 32 heavy (non-hydrogen) atoms. The standard InChI is InChI=1S/C25H29BrN2O4/c1-16(2)15-32-20-10-8-17(9-11-20)23(29)21-22(18-6-5-7-19(26)14-18)28(13-12-27(3)4)25(31)24(21)30/h5-11,14,16,22,29H,12-13,15H2,1-4H3/t22-/m1/s1. The third-order valence-electron chi connectivity index (χ3n) is 5.20. The lowest BCUT2D eigenvalue weighted by Gasteiger charge is -2.26. The minimum Gasteiger partial charge on any atom is -0.507 e. The molecular formula is C25H29BrN2O4. The Kier molecular flexibility index (Phi) is 7.74. The van der Waals surface area contributed by atoms with Crippen LogP contribution in [0.3, 0.4) is 0 Å². The number of likely N-dealkylation sites (N-methyl/N-ethyl adjacent to an activating group) is 1. The number of rotatable bonds is 8. The first-order valence-corrected chi connectivity index (χ1v) is 11.4. The number of aliphatic hydroxyl groups is 1. The molecule has 2 aromatic rings. The zero-order valence-electron chi connectivity index (χ0n) is 18.8. The van der Waals surface area contributed by atoms with Crippen LogP contribution in [0.2, 0.25) is 0 Å². The van der Waals surface area contributed by atoms with E-state index in [2.05, 4.69) is 29.8 Å². The average Bonchev–Trinajstić information content (AvgIpc) is 3.01. The van der Waals surface area contributed by atoms with E-state index in [0.29, 0.717) is 36.9 Å². The lowest BCUT2D eigenvalue weighted by Crippen LogP contribution is -2.35. The third-order valence-corrected chi connectivity index (χ3v) is 5.70. The van der Waals surface area contributed by atoms with Gasteiger partial charge in [0.05, 0.1) is 18.2 Å². The van der Waals surface area contributed by atoms with Gasteiger partial charge in [-0.1, -0.05) is 41.9 Å². The molecule has 0 unspecified atom stereocenters. The molecule has 1 N–H and O–H groups in total. The van der Waals surface area contributed by atoms with E-state index in [-0.39, 0.29) is 11.3 Å². The molecule has 1 heterocycles. The zero-order valence-corrected chi connectivity index (χ0v) is 20.4. The molecule has 3 rings (SSSR count). The van der Waals surface area contributed by atoms with Crippen molar-refractivity contribution in [1.29, 1.82) is 0 Å². The molecule has 170 valence electrons. The lowest BCUT2D eigenvalue weighted by atomic mass is 9.95. The van der Waals surface area contributed by atoms with Gasteiger partial charge in [-0.3, -0.25) is 9.59 Å². The minimum absolute atomic E-state index is 0.0997. The number of hydrogen-bond acceptors (Lipinski definition) is 5. The van der Waals surface area contributed by atoms with Gasteiger partial charge in [0.15, 0.2) is 0 Å². The molecule has 0 spiro atoms. The molecule has 6 nitrogen and oxygen atoms in total. The smallest absolute Gasteiger partial charge is 0.295 e. The Morgan fingerprint density at radius 3 is 2.44 bits per heavy atom. The van der Waals surface area contributed by atoms with Gasteiger partial charge in [-0.05, 0) is 62.0 Å². The number of carbonyl (C=O) groups excluding carboxylic acids is 2. The van der Waals surface area contributed by atoms with Crippen LogP contribution in [0.4, 0.5) is 0 Å². The predicted octanol–water partition coefficient (Wildman–Crippen LogP) is 4.47. The summed E-state index contributed by atoms with van der Waals surface area (Å²) in [6.45, 7) is 5.69. The molecule has 0 bridgehead atoms. The topological polar surface area (TPSA) is 70.1 Å². The van der Waals surface area contributed by atoms with Crippen LogP contribution in [0.15, 0.2) is 58.6 Å². The maximum Gasteiger partial charge on any atom is 0.295 e. The van der Waals surface area contributed by atoms with Crippen molar-refractivity contribution in [2.75, 3.05) is 33.8 Å². The van der Waals surface area contributed by atoms with Crippen LogP contribution < -0.4 is 4.74 Å². The number of carbonyl (C=O) groups is 2. The van der Waals surface area contributed by atoms with Crippen molar-refractivity contribution in [3.8, 4) is 5.75 Å². The highest BCUT2D eigenvalue weighted by molar-refractivity contribution is 9.10. The zero-order chi connectivity index (χ0) is 23.4. The van der Waals surface area contributed by atoms with E-state index in [9.17, 15) is 14.7 Å². The molecule has 1 amide bonds. The van der Waals surface area contributed by atoms with Crippen molar-refractivity contribution in [3.63, 3.8) is 0 Å². The molecule has 0 saturated carbocycles. The Hall–Kier alpha value is -2.64. The number of benzene rings is 2. The van der Waals surface area contributed by atoms with E-state index in [0.717, 1.165) is 10.0 Å². The number of Topliss-reactive ketones (excluding diaryl/α,β-unsaturated/α-hetero) is 1. The molecule has 1 aliphatic heterocycles. The maximum absolute atomic E-state index is 13.0. The highest BCUT2D eigenvalue weighted by Gasteiger charge is 2.45. The van der Waals surface area contributed by atoms with Gasteiger partial charge >= 0.3 is 0 Å². The van der Waals surface area contributed by atoms with Gasteiger partial charge in [0.25, 0.3) is 11.7 Å². The van der Waals surface area contributed by atoms with Crippen LogP contribution in [0, 0.1) is 5.92 Å². The van der Waals surface area contributed by atoms with E-state index in [4.69, 9.17) is 4.74 Å². The van der Waals surface area contributed by atoms with E-state index in [1.165, 1.54) is 4.90 Å². The third kappa shape index (κ3) is 5.40. The Morgan fingerprint density at radius 2 is 1.84 bits per heavy atom. The number of ketones is 1. The fourth-order valence-corrected chi connectivity index (χ4v) is 3.99. The van der Waals surface area contributed by atoms with Crippen LogP contribution in [-0.4, -0.2) is 60.4 Å². The summed E-state index contributed by atoms with van der Waals surface area (Å²) in [7, 11) is 3.82. The van der Waals surface area contributed by atoms with Crippen LogP contribution in [0.1, 0.15) is 31.0 Å². The second kappa shape index (κ2) is 10.3. The van der Waals surface area contributed by atoms with Gasteiger partial charge in [0.1, 0.15) is 11.5 Å². The number of hydrogen-bond donors (Lipinski definition) is 1. The van der Waals surface area contributed by atoms with Gasteiger partial charge in [0.2, 0.25) is 0 Å². The van der Waals surface area contributed by atoms with E-state index < -0.39 is 17.7 Å². The SMILES string of the molecule is CC(C)COc1ccc(C(O)=C2C(=O)C(=O)N(CCN(C)C)[C@@H]2c2cccc(Br)c2)cc1. The van der Waals surface area contributed by atoms with Crippen molar-refractivity contribution >= 4 is 33.4 Å². The molecule has 1 aliphatic rings. The summed E-state index contributed by atoms with van der Waals surface area (Å²) >= 11 is 3.47. The van der Waals surface area contributed by atoms with Gasteiger partial charge in [-0.25, -0.2) is 0 Å². The Bertz CT molecular complexity index is 1010. The number of likely N-dealkylation sites (tertiary alicyclic amines) is 1. The number of halogens is 1. The van der Waals surface area contributed by atoms with E-state index in [1.54, 1.807) is 24.3 Å². The highest BCUT2D eigenvalue weighted by Crippen LogP contribution is 2.40. The minimum atomic E-state index is -0.675. The van der Waals surface area contributed by atoms with Crippen LogP contribution in [0.25, 0.3) is 5.76 Å². The van der Waals surface area contributed by atoms with E-state index >= 15 is 0 Å². The van der Waals surface area contributed by atoms with Crippen molar-refractivity contribution in [1.82, 2.24) is 9.80 Å². The summed E-state index contributed by atoms with van der Waals surface area (Å²) in [4.78, 5) is 29.4. The van der Waals surface area contributed by atoms with Gasteiger partial charge in [0, 0.05) is 23.1 Å². The van der Waals surface area contributed by atoms with Crippen LogP contribution in [0.5, 0.6) is 5.75 Å². The molecule has 0 radical (unpaired) electrons. The molecular weight excluding hydrogens is 472 g/mol. The largest absolute Gasteiger partial charge is 0.507 e. The van der Waals surface area contributed by atoms with Crippen molar-refractivity contribution in [2.45, 2.75) is 19.9 Å². The highest BCUT2D eigenvalue weighted by atomic mass is 79.9. The summed E-state index contributed by atoms with van der Waals surface area (Å²) in [5.41, 5.74) is 1.32. The van der Waals surface area contributed by atoms with Crippen molar-refractivity contribution in [2.24, 2.45) is 5.92 Å². The molecule has 1 fully saturated rings. The Balaban J connectivity index is 2.03. The molecule has 2 aromatic carbocycles. The first kappa shape index (κ1) is 24.0. The molecule has 7 heteroatoms. The first-order chi connectivity index (χ1) is 15.2. The second-order valence-corrected chi connectivity index (χ2v) is 9.50. The summed E-state index contributed by atoms with van der Waals surface area (Å²) in [6, 6.07) is 13.7. The molecule has 1 saturated heterocycles. The molecule has 1 atom stereocenters. The maximum atomic E-state index is 13.0. The van der Waals surface area contributed by atoms with Crippen LogP contribution in [-0.2, 0) is 9.59 Å². The lowest BCUT2D eigenvalue weighted by molar-refractivity contribution is -0.140. The van der Waals surface area contributed by atoms with E-state index in [1.807, 2.05) is 43.3 Å². The van der Waals surface area contributed by atoms with Gasteiger partial charge < -0.3 is 19.6 Å². The Labute approximate surface area is 197 Å². The molecule has 0 aliphatic carbocycles. The fraction of sp³-hybridized carbons (Fsp3) is 0.360. The Morgan fingerprint density at radius 1 is 1.16 bits per heavy atom. The van der Waals surface area contributed by atoms with Gasteiger partial charge in [-0.15, -0.1) is 0 Å². The number of ether oxygens (including phenoxy) is 1. The van der Waals surface area contributed by atoms with Crippen molar-refractivity contribution < 1.29 is 19.4 Å². The first-order valence-electron chi connectivity index (χ1n) is 10.6. The van der Waals surface area contributed by atoms with Gasteiger partial charge in [-0.2, -0.15) is 0 Å². The normalized spacial score (nSPS) is 18.1. The average molecular weight is 501 g/mol. The summed E-state index contributed by atoms with van der Waals surface area (Å²) in [5, 5.41) is 11.1. The summed E-state index contributed by atoms with van der Waals surface area (Å²) < 4.78 is 6.54. The molecule has 0 aromatic heterocycles. The van der Waals surface area contributed by atoms with Crippen molar-refractivity contribution in [3.05, 3.63) is 69.7 Å². The summed E-state index contributed by atoms with van der Waals surface area (Å²) in [6.07, 6.45) is 0. The predicted molar refractivity (Wildman–Crippen MR) is 128 cm³/mol. The number of nitrogens with zero attached hydrogens (tertiary/aromatic N) is 2. The number of aliphatic hydroxyl groups excluding tert-OH is 1. The van der Waals surface area contributed by atoms with Crippen LogP contribution >= 0.6 is 15.9 Å². The fourth-order valence-electron chi connectivity index (χ4n) is 3.57.